The molecule has 124 valence electrons. The van der Waals surface area contributed by atoms with Gasteiger partial charge >= 0.3 is 0 Å². The lowest BCUT2D eigenvalue weighted by atomic mass is 10.1. The van der Waals surface area contributed by atoms with Crippen molar-refractivity contribution in [1.82, 2.24) is 20.0 Å². The maximum Gasteiger partial charge on any atom is 0.288 e. The highest BCUT2D eigenvalue weighted by atomic mass is 16.5. The third-order valence-electron chi connectivity index (χ3n) is 3.05. The number of amides is 2. The van der Waals surface area contributed by atoms with Gasteiger partial charge in [-0.15, -0.1) is 0 Å². The second-order valence-corrected chi connectivity index (χ2v) is 6.19. The van der Waals surface area contributed by atoms with Crippen molar-refractivity contribution in [3.8, 4) is 0 Å². The van der Waals surface area contributed by atoms with E-state index < -0.39 is 5.54 Å². The molecule has 2 rings (SSSR count). The quantitative estimate of drug-likeness (QED) is 0.812. The minimum absolute atomic E-state index is 0.187. The summed E-state index contributed by atoms with van der Waals surface area (Å²) in [5.41, 5.74) is 0.417. The van der Waals surface area contributed by atoms with Crippen LogP contribution in [0.3, 0.4) is 0 Å². The summed E-state index contributed by atoms with van der Waals surface area (Å²) in [6.07, 6.45) is 1.71. The van der Waals surface area contributed by atoms with Gasteiger partial charge in [-0.1, -0.05) is 6.07 Å². The van der Waals surface area contributed by atoms with Gasteiger partial charge in [-0.3, -0.25) is 14.0 Å². The second-order valence-electron chi connectivity index (χ2n) is 6.19. The molecule has 0 saturated heterocycles. The first kappa shape index (κ1) is 17.0. The molecule has 7 heteroatoms. The number of aromatic nitrogens is 2. The largest absolute Gasteiger partial charge is 0.383 e. The molecule has 0 atom stereocenters. The van der Waals surface area contributed by atoms with Crippen LogP contribution in [0.15, 0.2) is 24.4 Å². The second kappa shape index (κ2) is 6.78. The summed E-state index contributed by atoms with van der Waals surface area (Å²) < 4.78 is 6.53. The van der Waals surface area contributed by atoms with E-state index in [9.17, 15) is 9.59 Å². The third-order valence-corrected chi connectivity index (χ3v) is 3.05. The molecule has 2 aromatic heterocycles. The van der Waals surface area contributed by atoms with Gasteiger partial charge in [0.2, 0.25) is 5.82 Å². The van der Waals surface area contributed by atoms with Crippen molar-refractivity contribution >= 4 is 17.3 Å². The highest BCUT2D eigenvalue weighted by Crippen LogP contribution is 2.14. The molecule has 2 heterocycles. The molecule has 0 saturated carbocycles. The first-order valence-electron chi connectivity index (χ1n) is 7.40. The van der Waals surface area contributed by atoms with Crippen molar-refractivity contribution in [3.05, 3.63) is 35.9 Å². The Labute approximate surface area is 135 Å². The molecule has 2 amide bonds. The Kier molecular flexibility index (Phi) is 5.00. The molecule has 23 heavy (non-hydrogen) atoms. The Morgan fingerprint density at radius 2 is 2.00 bits per heavy atom. The monoisotopic (exact) mass is 318 g/mol. The molecule has 0 spiro atoms. The highest BCUT2D eigenvalue weighted by molar-refractivity contribution is 6.02. The van der Waals surface area contributed by atoms with Gasteiger partial charge in [-0.25, -0.2) is 4.98 Å². The van der Waals surface area contributed by atoms with E-state index in [2.05, 4.69) is 15.6 Å². The topological polar surface area (TPSA) is 84.7 Å². The van der Waals surface area contributed by atoms with Gasteiger partial charge in [0, 0.05) is 25.4 Å². The van der Waals surface area contributed by atoms with Crippen molar-refractivity contribution < 1.29 is 14.3 Å². The van der Waals surface area contributed by atoms with Crippen LogP contribution in [0.1, 0.15) is 41.9 Å². The summed E-state index contributed by atoms with van der Waals surface area (Å²) in [6, 6.07) is 5.34. The van der Waals surface area contributed by atoms with Crippen LogP contribution in [0.2, 0.25) is 0 Å². The number of nitrogens with zero attached hydrogens (tertiary/aromatic N) is 2. The summed E-state index contributed by atoms with van der Waals surface area (Å²) in [7, 11) is 1.56. The molecule has 0 unspecified atom stereocenters. The van der Waals surface area contributed by atoms with Crippen molar-refractivity contribution in [1.29, 1.82) is 0 Å². The van der Waals surface area contributed by atoms with Gasteiger partial charge in [-0.2, -0.15) is 0 Å². The number of rotatable bonds is 5. The van der Waals surface area contributed by atoms with Crippen molar-refractivity contribution in [2.24, 2.45) is 0 Å². The number of nitrogens with one attached hydrogen (secondary N) is 2. The predicted octanol–water partition coefficient (Wildman–Crippen LogP) is 1.24. The van der Waals surface area contributed by atoms with Crippen molar-refractivity contribution in [2.45, 2.75) is 26.3 Å². The Hall–Kier alpha value is -2.41. The normalized spacial score (nSPS) is 11.5. The summed E-state index contributed by atoms with van der Waals surface area (Å²) in [5, 5.41) is 5.58. The van der Waals surface area contributed by atoms with Gasteiger partial charge in [0.05, 0.1) is 12.1 Å². The van der Waals surface area contributed by atoms with Gasteiger partial charge < -0.3 is 15.4 Å². The van der Waals surface area contributed by atoms with E-state index in [1.54, 1.807) is 35.9 Å². The lowest BCUT2D eigenvalue weighted by Gasteiger charge is -2.19. The number of ether oxygens (including phenoxy) is 1. The molecule has 0 radical (unpaired) electrons. The minimum Gasteiger partial charge on any atom is -0.383 e. The minimum atomic E-state index is -0.390. The SMILES string of the molecule is COCCNC(=O)c1nc(C(=O)NC(C)(C)C)n2ccccc12. The lowest BCUT2D eigenvalue weighted by Crippen LogP contribution is -2.41. The molecule has 2 N–H and O–H groups in total. The number of fused-ring (bicyclic) bond motifs is 1. The maximum atomic E-state index is 12.4. The fourth-order valence-electron chi connectivity index (χ4n) is 2.11. The smallest absolute Gasteiger partial charge is 0.288 e. The van der Waals surface area contributed by atoms with Gasteiger partial charge in [0.15, 0.2) is 5.69 Å². The first-order valence-corrected chi connectivity index (χ1v) is 7.40. The molecule has 0 aliphatic carbocycles. The third kappa shape index (κ3) is 4.07. The molecule has 2 aromatic rings. The van der Waals surface area contributed by atoms with Crippen LogP contribution < -0.4 is 10.6 Å². The summed E-state index contributed by atoms with van der Waals surface area (Å²) >= 11 is 0. The average molecular weight is 318 g/mol. The zero-order valence-corrected chi connectivity index (χ0v) is 13.8. The Balaban J connectivity index is 2.36. The molecule has 7 nitrogen and oxygen atoms in total. The van der Waals surface area contributed by atoms with Crippen LogP contribution in [-0.4, -0.2) is 47.0 Å². The van der Waals surface area contributed by atoms with Crippen LogP contribution in [0, 0.1) is 0 Å². The predicted molar refractivity (Wildman–Crippen MR) is 86.6 cm³/mol. The number of hydrogen-bond acceptors (Lipinski definition) is 4. The summed E-state index contributed by atoms with van der Waals surface area (Å²) in [4.78, 5) is 29.0. The van der Waals surface area contributed by atoms with E-state index in [0.29, 0.717) is 18.7 Å². The average Bonchev–Trinajstić information content (AvgIpc) is 2.85. The van der Waals surface area contributed by atoms with Crippen molar-refractivity contribution in [3.63, 3.8) is 0 Å². The van der Waals surface area contributed by atoms with Crippen LogP contribution in [-0.2, 0) is 4.74 Å². The zero-order chi connectivity index (χ0) is 17.0. The maximum absolute atomic E-state index is 12.4. The molecular formula is C16H22N4O3. The summed E-state index contributed by atoms with van der Waals surface area (Å²) in [6.45, 7) is 6.46. The molecule has 0 fully saturated rings. The fraction of sp³-hybridized carbons (Fsp3) is 0.438. The number of carbonyl (C=O) groups excluding carboxylic acids is 2. The molecular weight excluding hydrogens is 296 g/mol. The van der Waals surface area contributed by atoms with Gasteiger partial charge in [0.25, 0.3) is 11.8 Å². The van der Waals surface area contributed by atoms with E-state index in [4.69, 9.17) is 4.74 Å². The van der Waals surface area contributed by atoms with Crippen LogP contribution in [0.25, 0.3) is 5.52 Å². The lowest BCUT2D eigenvalue weighted by molar-refractivity contribution is 0.0908. The zero-order valence-electron chi connectivity index (χ0n) is 13.8. The van der Waals surface area contributed by atoms with E-state index in [1.807, 2.05) is 20.8 Å². The Morgan fingerprint density at radius 3 is 2.65 bits per heavy atom. The van der Waals surface area contributed by atoms with Crippen LogP contribution in [0.5, 0.6) is 0 Å². The van der Waals surface area contributed by atoms with E-state index >= 15 is 0 Å². The van der Waals surface area contributed by atoms with Crippen LogP contribution in [0.4, 0.5) is 0 Å². The molecule has 0 aromatic carbocycles. The first-order chi connectivity index (χ1) is 10.8. The number of carbonyl (C=O) groups is 2. The van der Waals surface area contributed by atoms with Crippen molar-refractivity contribution in [2.75, 3.05) is 20.3 Å². The van der Waals surface area contributed by atoms with E-state index in [0.717, 1.165) is 0 Å². The van der Waals surface area contributed by atoms with Gasteiger partial charge in [0.1, 0.15) is 0 Å². The Bertz CT molecular complexity index is 716. The fourth-order valence-corrected chi connectivity index (χ4v) is 2.11. The standard InChI is InChI=1S/C16H22N4O3/c1-16(2,3)19-15(22)13-18-12(14(21)17-8-10-23-4)11-7-5-6-9-20(11)13/h5-7,9H,8,10H2,1-4H3,(H,17,21)(H,19,22). The van der Waals surface area contributed by atoms with E-state index in [1.165, 1.54) is 0 Å². The number of pyridine rings is 1. The molecule has 0 aliphatic heterocycles. The van der Waals surface area contributed by atoms with Crippen LogP contribution >= 0.6 is 0 Å². The molecule has 0 bridgehead atoms. The number of methoxy groups -OCH3 is 1. The number of hydrogen-bond donors (Lipinski definition) is 2. The molecule has 0 aliphatic rings. The highest BCUT2D eigenvalue weighted by Gasteiger charge is 2.23. The summed E-state index contributed by atoms with van der Waals surface area (Å²) in [5.74, 6) is -0.470. The Morgan fingerprint density at radius 1 is 1.26 bits per heavy atom. The number of imidazole rings is 1. The van der Waals surface area contributed by atoms with Gasteiger partial charge in [-0.05, 0) is 32.9 Å². The van der Waals surface area contributed by atoms with E-state index in [-0.39, 0.29) is 23.3 Å².